The van der Waals surface area contributed by atoms with Gasteiger partial charge in [-0.05, 0) is 42.3 Å². The zero-order chi connectivity index (χ0) is 11.2. The normalized spacial score (nSPS) is 17.7. The second kappa shape index (κ2) is 3.20. The van der Waals surface area contributed by atoms with Crippen LogP contribution in [0.4, 0.5) is 5.69 Å². The Bertz CT molecular complexity index is 443. The number of anilines is 1. The summed E-state index contributed by atoms with van der Waals surface area (Å²) in [4.78, 5) is 15.8. The first kappa shape index (κ1) is 10.4. The highest BCUT2D eigenvalue weighted by Gasteiger charge is 2.37. The van der Waals surface area contributed by atoms with Crippen molar-refractivity contribution in [2.24, 2.45) is 0 Å². The maximum Gasteiger partial charge on any atom is 0.268 e. The summed E-state index contributed by atoms with van der Waals surface area (Å²) in [6.45, 7) is 5.32. The van der Waals surface area contributed by atoms with Gasteiger partial charge in [-0.1, -0.05) is 0 Å². The molecule has 0 aromatic carbocycles. The summed E-state index contributed by atoms with van der Waals surface area (Å²) in [5.41, 5.74) is 0.706. The first-order chi connectivity index (χ1) is 6.92. The van der Waals surface area contributed by atoms with Crippen LogP contribution in [-0.4, -0.2) is 16.5 Å². The predicted molar refractivity (Wildman–Crippen MR) is 60.0 cm³/mol. The average molecular weight is 271 g/mol. The lowest BCUT2D eigenvalue weighted by Gasteiger charge is -2.31. The summed E-state index contributed by atoms with van der Waals surface area (Å²) < 4.78 is 6.38. The zero-order valence-electron chi connectivity index (χ0n) is 8.72. The van der Waals surface area contributed by atoms with E-state index in [1.165, 1.54) is 0 Å². The van der Waals surface area contributed by atoms with Gasteiger partial charge in [0.2, 0.25) is 5.88 Å². The topological polar surface area (TPSA) is 51.2 Å². The van der Waals surface area contributed by atoms with Crippen molar-refractivity contribution in [2.45, 2.75) is 26.4 Å². The van der Waals surface area contributed by atoms with Gasteiger partial charge in [-0.3, -0.25) is 4.79 Å². The Labute approximate surface area is 96.2 Å². The molecule has 0 bridgehead atoms. The van der Waals surface area contributed by atoms with E-state index in [0.717, 1.165) is 10.0 Å². The number of ether oxygens (including phenoxy) is 1. The van der Waals surface area contributed by atoms with Crippen LogP contribution in [0.25, 0.3) is 0 Å². The number of nitrogens with one attached hydrogen (secondary N) is 1. The Hall–Kier alpha value is -1.10. The third-order valence-corrected chi connectivity index (χ3v) is 3.18. The Kier molecular flexibility index (Phi) is 2.22. The summed E-state index contributed by atoms with van der Waals surface area (Å²) in [5, 5.41) is 2.80. The SMILES string of the molecule is Cc1c(Br)cnc2c1NC(=O)C(C)(C)O2. The quantitative estimate of drug-likeness (QED) is 0.787. The molecule has 0 saturated heterocycles. The molecule has 80 valence electrons. The highest BCUT2D eigenvalue weighted by atomic mass is 79.9. The average Bonchev–Trinajstić information content (AvgIpc) is 2.15. The number of hydrogen-bond donors (Lipinski definition) is 1. The predicted octanol–water partition coefficient (Wildman–Crippen LogP) is 2.26. The van der Waals surface area contributed by atoms with Gasteiger partial charge in [0.1, 0.15) is 5.69 Å². The lowest BCUT2D eigenvalue weighted by atomic mass is 10.1. The van der Waals surface area contributed by atoms with Gasteiger partial charge in [0.15, 0.2) is 5.60 Å². The first-order valence-electron chi connectivity index (χ1n) is 4.57. The van der Waals surface area contributed by atoms with Crippen molar-refractivity contribution in [1.82, 2.24) is 4.98 Å². The van der Waals surface area contributed by atoms with E-state index in [2.05, 4.69) is 26.2 Å². The molecule has 1 amide bonds. The molecule has 4 nitrogen and oxygen atoms in total. The highest BCUT2D eigenvalue weighted by molar-refractivity contribution is 9.10. The number of hydrogen-bond acceptors (Lipinski definition) is 3. The monoisotopic (exact) mass is 270 g/mol. The number of amides is 1. The molecular weight excluding hydrogens is 260 g/mol. The molecule has 1 aliphatic rings. The number of carbonyl (C=O) groups is 1. The molecule has 0 atom stereocenters. The van der Waals surface area contributed by atoms with Gasteiger partial charge < -0.3 is 10.1 Å². The van der Waals surface area contributed by atoms with Crippen LogP contribution < -0.4 is 10.1 Å². The number of pyridine rings is 1. The summed E-state index contributed by atoms with van der Waals surface area (Å²) in [6, 6.07) is 0. The van der Waals surface area contributed by atoms with E-state index in [1.807, 2.05) is 6.92 Å². The Morgan fingerprint density at radius 2 is 2.20 bits per heavy atom. The molecule has 0 radical (unpaired) electrons. The van der Waals surface area contributed by atoms with Gasteiger partial charge in [0, 0.05) is 10.7 Å². The van der Waals surface area contributed by atoms with Gasteiger partial charge in [0.05, 0.1) is 0 Å². The van der Waals surface area contributed by atoms with Crippen molar-refractivity contribution in [3.05, 3.63) is 16.2 Å². The van der Waals surface area contributed by atoms with Gasteiger partial charge >= 0.3 is 0 Å². The van der Waals surface area contributed by atoms with Crippen LogP contribution in [0.15, 0.2) is 10.7 Å². The van der Waals surface area contributed by atoms with Crippen LogP contribution in [0.3, 0.4) is 0 Å². The van der Waals surface area contributed by atoms with Crippen LogP contribution in [0.2, 0.25) is 0 Å². The largest absolute Gasteiger partial charge is 0.460 e. The minimum Gasteiger partial charge on any atom is -0.460 e. The lowest BCUT2D eigenvalue weighted by Crippen LogP contribution is -2.46. The molecule has 2 heterocycles. The van der Waals surface area contributed by atoms with Gasteiger partial charge in [-0.15, -0.1) is 0 Å². The van der Waals surface area contributed by atoms with Crippen molar-refractivity contribution in [1.29, 1.82) is 0 Å². The molecule has 15 heavy (non-hydrogen) atoms. The Morgan fingerprint density at radius 3 is 2.87 bits per heavy atom. The zero-order valence-corrected chi connectivity index (χ0v) is 10.3. The molecule has 2 rings (SSSR count). The molecule has 5 heteroatoms. The molecular formula is C10H11BrN2O2. The molecule has 1 aromatic rings. The molecule has 1 aromatic heterocycles. The van der Waals surface area contributed by atoms with E-state index < -0.39 is 5.60 Å². The van der Waals surface area contributed by atoms with E-state index in [4.69, 9.17) is 4.74 Å². The van der Waals surface area contributed by atoms with E-state index in [1.54, 1.807) is 20.0 Å². The van der Waals surface area contributed by atoms with E-state index >= 15 is 0 Å². The molecule has 1 N–H and O–H groups in total. The fraction of sp³-hybridized carbons (Fsp3) is 0.400. The van der Waals surface area contributed by atoms with Crippen LogP contribution in [0, 0.1) is 6.92 Å². The smallest absolute Gasteiger partial charge is 0.268 e. The number of fused-ring (bicyclic) bond motifs is 1. The van der Waals surface area contributed by atoms with Gasteiger partial charge in [-0.2, -0.15) is 0 Å². The summed E-state index contributed by atoms with van der Waals surface area (Å²) >= 11 is 3.35. The third kappa shape index (κ3) is 1.61. The van der Waals surface area contributed by atoms with Crippen LogP contribution in [-0.2, 0) is 4.79 Å². The number of carbonyl (C=O) groups excluding carboxylic acids is 1. The van der Waals surface area contributed by atoms with Gasteiger partial charge in [-0.25, -0.2) is 4.98 Å². The minimum atomic E-state index is -0.861. The number of nitrogens with zero attached hydrogens (tertiary/aromatic N) is 1. The fourth-order valence-corrected chi connectivity index (χ4v) is 1.63. The molecule has 0 fully saturated rings. The maximum atomic E-state index is 11.7. The lowest BCUT2D eigenvalue weighted by molar-refractivity contribution is -0.129. The van der Waals surface area contributed by atoms with Crippen LogP contribution in [0.5, 0.6) is 5.88 Å². The maximum absolute atomic E-state index is 11.7. The standard InChI is InChI=1S/C10H11BrN2O2/c1-5-6(11)4-12-8-7(5)13-9(14)10(2,3)15-8/h4H,1-3H3,(H,13,14). The summed E-state index contributed by atoms with van der Waals surface area (Å²) in [7, 11) is 0. The van der Waals surface area contributed by atoms with Crippen LogP contribution >= 0.6 is 15.9 Å². The summed E-state index contributed by atoms with van der Waals surface area (Å²) in [5.74, 6) is 0.318. The van der Waals surface area contributed by atoms with Crippen molar-refractivity contribution in [2.75, 3.05) is 5.32 Å². The highest BCUT2D eigenvalue weighted by Crippen LogP contribution is 2.36. The van der Waals surface area contributed by atoms with Crippen molar-refractivity contribution >= 4 is 27.5 Å². The van der Waals surface area contributed by atoms with Gasteiger partial charge in [0.25, 0.3) is 5.91 Å². The van der Waals surface area contributed by atoms with Crippen molar-refractivity contribution in [3.8, 4) is 5.88 Å². The third-order valence-electron chi connectivity index (χ3n) is 2.38. The second-order valence-electron chi connectivity index (χ2n) is 3.98. The first-order valence-corrected chi connectivity index (χ1v) is 5.36. The molecule has 0 unspecified atom stereocenters. The molecule has 0 spiro atoms. The second-order valence-corrected chi connectivity index (χ2v) is 4.83. The Morgan fingerprint density at radius 1 is 1.53 bits per heavy atom. The van der Waals surface area contributed by atoms with E-state index in [9.17, 15) is 4.79 Å². The fourth-order valence-electron chi connectivity index (χ4n) is 1.33. The number of halogens is 1. The van der Waals surface area contributed by atoms with Crippen molar-refractivity contribution < 1.29 is 9.53 Å². The molecule has 0 saturated carbocycles. The summed E-state index contributed by atoms with van der Waals surface area (Å²) in [6.07, 6.45) is 1.67. The van der Waals surface area contributed by atoms with Crippen molar-refractivity contribution in [3.63, 3.8) is 0 Å². The van der Waals surface area contributed by atoms with Crippen LogP contribution in [0.1, 0.15) is 19.4 Å². The Balaban J connectivity index is 2.55. The minimum absolute atomic E-state index is 0.155. The number of rotatable bonds is 0. The van der Waals surface area contributed by atoms with E-state index in [0.29, 0.717) is 11.6 Å². The molecule has 1 aliphatic heterocycles. The number of aromatic nitrogens is 1. The van der Waals surface area contributed by atoms with E-state index in [-0.39, 0.29) is 5.91 Å². The molecule has 0 aliphatic carbocycles.